The largest absolute Gasteiger partial charge is 0.408 e. The lowest BCUT2D eigenvalue weighted by atomic mass is 9.98. The summed E-state index contributed by atoms with van der Waals surface area (Å²) in [5.41, 5.74) is 5.15. The van der Waals surface area contributed by atoms with Gasteiger partial charge in [0.25, 0.3) is 0 Å². The highest BCUT2D eigenvalue weighted by atomic mass is 19.4. The van der Waals surface area contributed by atoms with Gasteiger partial charge in [-0.25, -0.2) is 14.5 Å². The van der Waals surface area contributed by atoms with Crippen molar-refractivity contribution in [3.63, 3.8) is 0 Å². The minimum absolute atomic E-state index is 0.0866. The van der Waals surface area contributed by atoms with Gasteiger partial charge in [0.05, 0.1) is 28.8 Å². The molecule has 0 aliphatic carbocycles. The molecular formula is C19H19F3N6. The summed E-state index contributed by atoms with van der Waals surface area (Å²) in [6.45, 7) is 5.14. The summed E-state index contributed by atoms with van der Waals surface area (Å²) in [4.78, 5) is 13.4. The van der Waals surface area contributed by atoms with Gasteiger partial charge in [0.15, 0.2) is 0 Å². The molecule has 0 aromatic carbocycles. The van der Waals surface area contributed by atoms with Crippen LogP contribution in [-0.2, 0) is 0 Å². The maximum atomic E-state index is 12.7. The zero-order valence-electron chi connectivity index (χ0n) is 15.6. The highest BCUT2D eigenvalue weighted by Gasteiger charge is 2.36. The summed E-state index contributed by atoms with van der Waals surface area (Å²) < 4.78 is 39.7. The maximum Gasteiger partial charge on any atom is 0.408 e. The fraction of sp³-hybridized carbons (Fsp3) is 0.368. The van der Waals surface area contributed by atoms with Gasteiger partial charge in [-0.3, -0.25) is 4.99 Å². The molecule has 6 nitrogen and oxygen atoms in total. The van der Waals surface area contributed by atoms with E-state index in [-0.39, 0.29) is 11.9 Å². The van der Waals surface area contributed by atoms with Crippen molar-refractivity contribution < 1.29 is 13.2 Å². The number of anilines is 1. The van der Waals surface area contributed by atoms with Crippen LogP contribution in [0.5, 0.6) is 0 Å². The minimum atomic E-state index is -4.37. The fourth-order valence-corrected chi connectivity index (χ4v) is 3.38. The number of pyridine rings is 1. The Bertz CT molecular complexity index is 1070. The van der Waals surface area contributed by atoms with E-state index in [2.05, 4.69) is 27.3 Å². The van der Waals surface area contributed by atoms with Crippen LogP contribution in [0.25, 0.3) is 16.8 Å². The number of rotatable bonds is 4. The van der Waals surface area contributed by atoms with Gasteiger partial charge in [0.1, 0.15) is 6.04 Å². The Morgan fingerprint density at radius 3 is 2.75 bits per heavy atom. The highest BCUT2D eigenvalue weighted by Crippen LogP contribution is 2.38. The molecule has 9 heteroatoms. The first-order chi connectivity index (χ1) is 13.3. The summed E-state index contributed by atoms with van der Waals surface area (Å²) in [7, 11) is 0. The smallest absolute Gasteiger partial charge is 0.341 e. The molecule has 3 aromatic rings. The molecule has 1 unspecified atom stereocenters. The van der Waals surface area contributed by atoms with Crippen molar-refractivity contribution in [2.24, 2.45) is 4.99 Å². The Labute approximate surface area is 159 Å². The van der Waals surface area contributed by atoms with E-state index >= 15 is 0 Å². The van der Waals surface area contributed by atoms with Crippen molar-refractivity contribution in [2.75, 3.05) is 5.32 Å². The van der Waals surface area contributed by atoms with E-state index in [1.165, 1.54) is 10.7 Å². The second-order valence-electron chi connectivity index (χ2n) is 6.86. The predicted octanol–water partition coefficient (Wildman–Crippen LogP) is 4.75. The third-order valence-electron chi connectivity index (χ3n) is 4.97. The molecule has 0 fully saturated rings. The summed E-state index contributed by atoms with van der Waals surface area (Å²) in [6.07, 6.45) is -0.263. The van der Waals surface area contributed by atoms with Crippen LogP contribution in [0.3, 0.4) is 0 Å². The number of aromatic nitrogens is 4. The van der Waals surface area contributed by atoms with Gasteiger partial charge >= 0.3 is 6.18 Å². The number of hydrogen-bond donors (Lipinski definition) is 1. The summed E-state index contributed by atoms with van der Waals surface area (Å²) in [5, 5.41) is 6.41. The molecule has 0 saturated heterocycles. The molecule has 4 heterocycles. The van der Waals surface area contributed by atoms with Crippen molar-refractivity contribution >= 4 is 22.9 Å². The maximum absolute atomic E-state index is 12.7. The minimum Gasteiger partial charge on any atom is -0.341 e. The van der Waals surface area contributed by atoms with Crippen LogP contribution >= 0.6 is 0 Å². The number of alkyl halides is 3. The van der Waals surface area contributed by atoms with Crippen LogP contribution in [-0.4, -0.2) is 37.5 Å². The topological polar surface area (TPSA) is 67.5 Å². The van der Waals surface area contributed by atoms with Crippen molar-refractivity contribution in [1.29, 1.82) is 0 Å². The van der Waals surface area contributed by atoms with E-state index in [0.29, 0.717) is 5.52 Å². The quantitative estimate of drug-likeness (QED) is 0.700. The molecule has 146 valence electrons. The van der Waals surface area contributed by atoms with E-state index in [1.807, 2.05) is 25.1 Å². The first kappa shape index (κ1) is 18.4. The van der Waals surface area contributed by atoms with Crippen LogP contribution in [0.4, 0.5) is 24.8 Å². The molecule has 2 atom stereocenters. The third-order valence-corrected chi connectivity index (χ3v) is 4.97. The van der Waals surface area contributed by atoms with E-state index in [1.54, 1.807) is 6.20 Å². The average Bonchev–Trinajstić information content (AvgIpc) is 3.19. The van der Waals surface area contributed by atoms with Crippen molar-refractivity contribution in [1.82, 2.24) is 19.6 Å². The van der Waals surface area contributed by atoms with Crippen LogP contribution in [0, 0.1) is 0 Å². The van der Waals surface area contributed by atoms with Crippen LogP contribution < -0.4 is 5.32 Å². The van der Waals surface area contributed by atoms with Crippen molar-refractivity contribution in [3.05, 3.63) is 36.3 Å². The number of hydrogen-bond acceptors (Lipinski definition) is 5. The standard InChI is InChI=1S/C19H19F3N6/c1-4-12-10(2)24-15-6-5-14(26-17(12)15)13-7-8-28-16(13)9-23-18(27-28)25-11(3)19(20,21)22/h5-9,11-12H,4H2,1-3H3,(H,25,27)/t11-,12?/m1/s1. The molecule has 28 heavy (non-hydrogen) atoms. The van der Waals surface area contributed by atoms with Gasteiger partial charge < -0.3 is 5.32 Å². The first-order valence-electron chi connectivity index (χ1n) is 9.02. The van der Waals surface area contributed by atoms with Crippen LogP contribution in [0.15, 0.2) is 35.6 Å². The Balaban J connectivity index is 1.67. The first-order valence-corrected chi connectivity index (χ1v) is 9.02. The van der Waals surface area contributed by atoms with Gasteiger partial charge in [-0.1, -0.05) is 6.92 Å². The molecule has 1 N–H and O–H groups in total. The van der Waals surface area contributed by atoms with Gasteiger partial charge in [-0.2, -0.15) is 13.2 Å². The average molecular weight is 388 g/mol. The fourth-order valence-electron chi connectivity index (χ4n) is 3.38. The van der Waals surface area contributed by atoms with Crippen molar-refractivity contribution in [2.45, 2.75) is 45.3 Å². The Morgan fingerprint density at radius 1 is 1.25 bits per heavy atom. The van der Waals surface area contributed by atoms with E-state index in [4.69, 9.17) is 4.98 Å². The molecule has 0 saturated carbocycles. The zero-order chi connectivity index (χ0) is 20.1. The van der Waals surface area contributed by atoms with Crippen LogP contribution in [0.1, 0.15) is 38.8 Å². The lowest BCUT2D eigenvalue weighted by molar-refractivity contribution is -0.138. The number of nitrogens with one attached hydrogen (secondary N) is 1. The lowest BCUT2D eigenvalue weighted by Crippen LogP contribution is -2.33. The summed E-state index contributed by atoms with van der Waals surface area (Å²) >= 11 is 0. The second-order valence-corrected chi connectivity index (χ2v) is 6.86. The van der Waals surface area contributed by atoms with Gasteiger partial charge in [0, 0.05) is 23.4 Å². The molecule has 3 aromatic heterocycles. The normalized spacial score (nSPS) is 17.5. The Kier molecular flexibility index (Phi) is 4.32. The SMILES string of the molecule is CCC1C(C)=Nc2ccc(-c3ccn4nc(N[C@H](C)C(F)(F)F)ncc34)nc21. The van der Waals surface area contributed by atoms with Gasteiger partial charge in [-0.05, 0) is 38.5 Å². The molecule has 0 spiro atoms. The highest BCUT2D eigenvalue weighted by molar-refractivity contribution is 5.96. The number of halogens is 3. The predicted molar refractivity (Wildman–Crippen MR) is 101 cm³/mol. The van der Waals surface area contributed by atoms with E-state index in [0.717, 1.165) is 41.7 Å². The Hall–Kier alpha value is -2.97. The molecule has 0 radical (unpaired) electrons. The molecule has 4 rings (SSSR count). The zero-order valence-corrected chi connectivity index (χ0v) is 15.6. The van der Waals surface area contributed by atoms with E-state index in [9.17, 15) is 13.2 Å². The molecule has 0 bridgehead atoms. The number of nitrogens with zero attached hydrogens (tertiary/aromatic N) is 5. The number of fused-ring (bicyclic) bond motifs is 2. The molecule has 0 amide bonds. The monoisotopic (exact) mass is 388 g/mol. The lowest BCUT2D eigenvalue weighted by Gasteiger charge is -2.16. The summed E-state index contributed by atoms with van der Waals surface area (Å²) in [5.74, 6) is 0.121. The van der Waals surface area contributed by atoms with E-state index < -0.39 is 12.2 Å². The van der Waals surface area contributed by atoms with Crippen LogP contribution in [0.2, 0.25) is 0 Å². The molecule has 1 aliphatic rings. The third kappa shape index (κ3) is 3.10. The van der Waals surface area contributed by atoms with Crippen molar-refractivity contribution in [3.8, 4) is 11.3 Å². The second kappa shape index (κ2) is 6.57. The Morgan fingerprint density at radius 2 is 2.04 bits per heavy atom. The van der Waals surface area contributed by atoms with Gasteiger partial charge in [0.2, 0.25) is 5.95 Å². The number of aliphatic imine (C=N–C) groups is 1. The molecular weight excluding hydrogens is 369 g/mol. The summed E-state index contributed by atoms with van der Waals surface area (Å²) in [6, 6.07) is 3.93. The van der Waals surface area contributed by atoms with Gasteiger partial charge in [-0.15, -0.1) is 5.10 Å². The molecule has 1 aliphatic heterocycles.